The molecule has 2 heterocycles. The van der Waals surface area contributed by atoms with Crippen LogP contribution in [-0.2, 0) is 22.5 Å². The molecule has 8 nitrogen and oxygen atoms in total. The topological polar surface area (TPSA) is 102 Å². The van der Waals surface area contributed by atoms with Crippen molar-refractivity contribution in [3.8, 4) is 0 Å². The van der Waals surface area contributed by atoms with Crippen LogP contribution in [0.25, 0.3) is 10.2 Å². The number of amides is 3. The van der Waals surface area contributed by atoms with E-state index in [2.05, 4.69) is 22.5 Å². The summed E-state index contributed by atoms with van der Waals surface area (Å²) in [7, 11) is 1.62. The minimum atomic E-state index is -0.457. The van der Waals surface area contributed by atoms with Gasteiger partial charge in [0.1, 0.15) is 4.83 Å². The third kappa shape index (κ3) is 6.32. The molecule has 0 aromatic carbocycles. The molecule has 3 rings (SSSR count). The van der Waals surface area contributed by atoms with Gasteiger partial charge in [0.15, 0.2) is 5.16 Å². The first kappa shape index (κ1) is 24.7. The van der Waals surface area contributed by atoms with Gasteiger partial charge in [0.05, 0.1) is 11.1 Å². The van der Waals surface area contributed by atoms with E-state index in [0.717, 1.165) is 30.6 Å². The number of methoxy groups -OCH3 is 1. The molecule has 1 saturated carbocycles. The number of hydrogen-bond acceptors (Lipinski definition) is 7. The molecule has 0 spiro atoms. The van der Waals surface area contributed by atoms with Crippen molar-refractivity contribution in [2.75, 3.05) is 19.5 Å². The van der Waals surface area contributed by atoms with Gasteiger partial charge in [-0.15, -0.1) is 11.3 Å². The lowest BCUT2D eigenvalue weighted by molar-refractivity contribution is -0.117. The molecule has 1 aliphatic rings. The molecule has 10 heteroatoms. The van der Waals surface area contributed by atoms with Crippen LogP contribution in [0.2, 0.25) is 0 Å². The summed E-state index contributed by atoms with van der Waals surface area (Å²) in [6.45, 7) is 5.15. The maximum absolute atomic E-state index is 13.1. The Kier molecular flexibility index (Phi) is 9.12. The number of thioether (sulfide) groups is 1. The number of carbonyl (C=O) groups is 2. The van der Waals surface area contributed by atoms with E-state index in [4.69, 9.17) is 4.74 Å². The van der Waals surface area contributed by atoms with E-state index in [1.165, 1.54) is 29.5 Å². The maximum Gasteiger partial charge on any atom is 0.321 e. The number of nitrogens with one attached hydrogen (secondary N) is 2. The second-order valence-corrected chi connectivity index (χ2v) is 10.2. The zero-order valence-corrected chi connectivity index (χ0v) is 20.6. The average molecular weight is 481 g/mol. The standard InChI is InChI=1S/C22H32N4O4S2/c1-4-15-12-16-19(32-15)25-22(26(20(16)28)10-7-11-30-3)31-13-18(27)24-21(29)23-17-9-6-5-8-14(17)2/h12,14,17H,4-11,13H2,1-3H3,(H2,23,24,27,29)/t14-,17-/m0/s1. The molecule has 0 saturated heterocycles. The summed E-state index contributed by atoms with van der Waals surface area (Å²) in [4.78, 5) is 44.1. The van der Waals surface area contributed by atoms with Crippen molar-refractivity contribution < 1.29 is 14.3 Å². The highest BCUT2D eigenvalue weighted by molar-refractivity contribution is 7.99. The van der Waals surface area contributed by atoms with E-state index in [1.54, 1.807) is 11.7 Å². The molecule has 1 fully saturated rings. The molecule has 2 aromatic heterocycles. The minimum Gasteiger partial charge on any atom is -0.385 e. The molecular weight excluding hydrogens is 448 g/mol. The summed E-state index contributed by atoms with van der Waals surface area (Å²) in [6, 6.07) is 1.55. The Morgan fingerprint density at radius 2 is 2.12 bits per heavy atom. The molecule has 0 bridgehead atoms. The smallest absolute Gasteiger partial charge is 0.321 e. The Hall–Kier alpha value is -1.91. The third-order valence-corrected chi connectivity index (χ3v) is 7.91. The van der Waals surface area contributed by atoms with Gasteiger partial charge in [-0.05, 0) is 37.7 Å². The highest BCUT2D eigenvalue weighted by Gasteiger charge is 2.23. The number of urea groups is 1. The van der Waals surface area contributed by atoms with Gasteiger partial charge in [-0.3, -0.25) is 19.5 Å². The molecule has 32 heavy (non-hydrogen) atoms. The fraction of sp³-hybridized carbons (Fsp3) is 0.636. The van der Waals surface area contributed by atoms with E-state index in [1.807, 2.05) is 13.0 Å². The Bertz CT molecular complexity index is 1000. The van der Waals surface area contributed by atoms with Gasteiger partial charge in [-0.2, -0.15) is 0 Å². The first-order chi connectivity index (χ1) is 15.4. The number of aromatic nitrogens is 2. The second-order valence-electron chi connectivity index (χ2n) is 8.16. The highest BCUT2D eigenvalue weighted by Crippen LogP contribution is 2.26. The number of aryl methyl sites for hydroxylation is 1. The van der Waals surface area contributed by atoms with Crippen LogP contribution in [0.3, 0.4) is 0 Å². The summed E-state index contributed by atoms with van der Waals surface area (Å²) in [5.74, 6) is 0.00595. The van der Waals surface area contributed by atoms with E-state index < -0.39 is 11.9 Å². The van der Waals surface area contributed by atoms with Crippen molar-refractivity contribution in [2.24, 2.45) is 5.92 Å². The van der Waals surface area contributed by atoms with Crippen molar-refractivity contribution in [1.29, 1.82) is 0 Å². The van der Waals surface area contributed by atoms with E-state index in [0.29, 0.717) is 40.9 Å². The summed E-state index contributed by atoms with van der Waals surface area (Å²) >= 11 is 2.67. The molecule has 2 aromatic rings. The van der Waals surface area contributed by atoms with Gasteiger partial charge in [-0.25, -0.2) is 9.78 Å². The van der Waals surface area contributed by atoms with Crippen LogP contribution in [0.5, 0.6) is 0 Å². The van der Waals surface area contributed by atoms with Gasteiger partial charge in [0.25, 0.3) is 5.56 Å². The van der Waals surface area contributed by atoms with Crippen LogP contribution in [0.15, 0.2) is 16.0 Å². The van der Waals surface area contributed by atoms with Crippen molar-refractivity contribution in [3.63, 3.8) is 0 Å². The number of hydrogen-bond donors (Lipinski definition) is 2. The zero-order valence-electron chi connectivity index (χ0n) is 18.9. The van der Waals surface area contributed by atoms with Crippen LogP contribution >= 0.6 is 23.1 Å². The molecule has 0 unspecified atom stereocenters. The summed E-state index contributed by atoms with van der Waals surface area (Å²) < 4.78 is 6.72. The lowest BCUT2D eigenvalue weighted by Gasteiger charge is -2.29. The van der Waals surface area contributed by atoms with Crippen LogP contribution in [0, 0.1) is 5.92 Å². The van der Waals surface area contributed by atoms with Gasteiger partial charge in [0, 0.05) is 31.2 Å². The Morgan fingerprint density at radius 3 is 2.84 bits per heavy atom. The monoisotopic (exact) mass is 480 g/mol. The van der Waals surface area contributed by atoms with Gasteiger partial charge >= 0.3 is 6.03 Å². The van der Waals surface area contributed by atoms with Crippen molar-refractivity contribution in [3.05, 3.63) is 21.3 Å². The second kappa shape index (κ2) is 11.8. The molecule has 2 atom stereocenters. The van der Waals surface area contributed by atoms with Gasteiger partial charge in [-0.1, -0.05) is 38.5 Å². The number of fused-ring (bicyclic) bond motifs is 1. The number of ether oxygens (including phenoxy) is 1. The minimum absolute atomic E-state index is 0.00186. The summed E-state index contributed by atoms with van der Waals surface area (Å²) in [6.07, 6.45) is 5.81. The molecule has 2 N–H and O–H groups in total. The number of thiophene rings is 1. The van der Waals surface area contributed by atoms with Crippen LogP contribution in [0.1, 0.15) is 50.8 Å². The van der Waals surface area contributed by atoms with Crippen LogP contribution in [-0.4, -0.2) is 47.0 Å². The quantitative estimate of drug-likeness (QED) is 0.323. The van der Waals surface area contributed by atoms with Gasteiger partial charge < -0.3 is 10.1 Å². The number of nitrogens with zero attached hydrogens (tertiary/aromatic N) is 2. The molecule has 0 radical (unpaired) electrons. The molecule has 176 valence electrons. The predicted octanol–water partition coefficient (Wildman–Crippen LogP) is 3.55. The van der Waals surface area contributed by atoms with Crippen molar-refractivity contribution in [2.45, 2.75) is 70.1 Å². The normalized spacial score (nSPS) is 18.6. The first-order valence-corrected chi connectivity index (χ1v) is 13.0. The van der Waals surface area contributed by atoms with Gasteiger partial charge in [0.2, 0.25) is 5.91 Å². The van der Waals surface area contributed by atoms with Crippen LogP contribution in [0.4, 0.5) is 4.79 Å². The molecular formula is C22H32N4O4S2. The molecule has 3 amide bonds. The number of rotatable bonds is 9. The number of imide groups is 1. The van der Waals surface area contributed by atoms with E-state index in [-0.39, 0.29) is 17.4 Å². The maximum atomic E-state index is 13.1. The molecule has 1 aliphatic carbocycles. The fourth-order valence-electron chi connectivity index (χ4n) is 3.92. The number of carbonyl (C=O) groups excluding carboxylic acids is 2. The SMILES string of the molecule is CCc1cc2c(=O)n(CCCOC)c(SCC(=O)NC(=O)N[C@H]3CCCC[C@@H]3C)nc2s1. The Labute approximate surface area is 196 Å². The van der Waals surface area contributed by atoms with Crippen molar-refractivity contribution in [1.82, 2.24) is 20.2 Å². The van der Waals surface area contributed by atoms with Crippen LogP contribution < -0.4 is 16.2 Å². The third-order valence-electron chi connectivity index (χ3n) is 5.76. The predicted molar refractivity (Wildman–Crippen MR) is 129 cm³/mol. The Balaban J connectivity index is 1.66. The first-order valence-electron chi connectivity index (χ1n) is 11.2. The highest BCUT2D eigenvalue weighted by atomic mass is 32.2. The summed E-state index contributed by atoms with van der Waals surface area (Å²) in [5, 5.41) is 6.43. The summed E-state index contributed by atoms with van der Waals surface area (Å²) in [5.41, 5.74) is -0.103. The molecule has 0 aliphatic heterocycles. The van der Waals surface area contributed by atoms with Crippen molar-refractivity contribution >= 4 is 45.3 Å². The fourth-order valence-corrected chi connectivity index (χ4v) is 5.76. The largest absolute Gasteiger partial charge is 0.385 e. The van der Waals surface area contributed by atoms with E-state index >= 15 is 0 Å². The lowest BCUT2D eigenvalue weighted by Crippen LogP contribution is -2.48. The zero-order chi connectivity index (χ0) is 23.1. The lowest BCUT2D eigenvalue weighted by atomic mass is 9.86. The Morgan fingerprint density at radius 1 is 1.34 bits per heavy atom. The average Bonchev–Trinajstić information content (AvgIpc) is 3.19. The van der Waals surface area contributed by atoms with E-state index in [9.17, 15) is 14.4 Å².